The van der Waals surface area contributed by atoms with E-state index < -0.39 is 0 Å². The number of pyridine rings is 1. The number of hydrazine groups is 1. The van der Waals surface area contributed by atoms with Crippen LogP contribution in [0.1, 0.15) is 23.2 Å². The van der Waals surface area contributed by atoms with Gasteiger partial charge in [0.25, 0.3) is 5.91 Å². The fourth-order valence-corrected chi connectivity index (χ4v) is 3.24. The molecule has 0 aliphatic carbocycles. The lowest BCUT2D eigenvalue weighted by Crippen LogP contribution is -2.52. The predicted octanol–water partition coefficient (Wildman–Crippen LogP) is 0.473. The van der Waals surface area contributed by atoms with E-state index in [1.54, 1.807) is 20.4 Å². The third kappa shape index (κ3) is 4.20. The maximum Gasteiger partial charge on any atom is 0.253 e. The summed E-state index contributed by atoms with van der Waals surface area (Å²) in [6, 6.07) is 7.52. The molecular weight excluding hydrogens is 346 g/mol. The average molecular weight is 371 g/mol. The Morgan fingerprint density at radius 3 is 2.74 bits per heavy atom. The van der Waals surface area contributed by atoms with E-state index in [2.05, 4.69) is 15.4 Å². The summed E-state index contributed by atoms with van der Waals surface area (Å²) in [5.74, 6) is 12.3. The quantitative estimate of drug-likeness (QED) is 0.310. The summed E-state index contributed by atoms with van der Waals surface area (Å²) in [7, 11) is 3.31. The number of carbonyl (C=O) groups is 1. The van der Waals surface area contributed by atoms with Gasteiger partial charge in [-0.3, -0.25) is 14.8 Å². The van der Waals surface area contributed by atoms with Crippen LogP contribution >= 0.6 is 0 Å². The Hall–Kier alpha value is -3.07. The zero-order valence-electron chi connectivity index (χ0n) is 15.6. The topological polar surface area (TPSA) is 122 Å². The van der Waals surface area contributed by atoms with E-state index in [0.29, 0.717) is 11.5 Å². The van der Waals surface area contributed by atoms with E-state index in [4.69, 9.17) is 16.4 Å². The highest BCUT2D eigenvalue weighted by Crippen LogP contribution is 2.20. The maximum absolute atomic E-state index is 12.6. The molecule has 1 aliphatic rings. The number of amides is 1. The Kier molecular flexibility index (Phi) is 5.60. The van der Waals surface area contributed by atoms with E-state index >= 15 is 0 Å². The summed E-state index contributed by atoms with van der Waals surface area (Å²) >= 11 is 0. The highest BCUT2D eigenvalue weighted by atomic mass is 16.5. The number of carbonyl (C=O) groups excluding carboxylic acids is 1. The molecule has 1 fully saturated rings. The van der Waals surface area contributed by atoms with Crippen LogP contribution in [-0.2, 0) is 0 Å². The molecular formula is C18H25N7O2. The number of aromatic nitrogens is 1. The Morgan fingerprint density at radius 2 is 2.11 bits per heavy atom. The molecule has 1 aromatic heterocycles. The van der Waals surface area contributed by atoms with E-state index in [0.717, 1.165) is 42.6 Å². The summed E-state index contributed by atoms with van der Waals surface area (Å²) in [4.78, 5) is 19.0. The second kappa shape index (κ2) is 8.09. The van der Waals surface area contributed by atoms with Gasteiger partial charge in [-0.2, -0.15) is 0 Å². The van der Waals surface area contributed by atoms with Crippen molar-refractivity contribution in [2.24, 2.45) is 16.8 Å². The summed E-state index contributed by atoms with van der Waals surface area (Å²) in [5.41, 5.74) is 1.33. The van der Waals surface area contributed by atoms with Crippen molar-refractivity contribution >= 4 is 22.8 Å². The van der Waals surface area contributed by atoms with Crippen LogP contribution in [0.5, 0.6) is 5.75 Å². The Balaban J connectivity index is 1.62. The number of piperidine rings is 1. The van der Waals surface area contributed by atoms with Gasteiger partial charge in [0.1, 0.15) is 5.75 Å². The third-order valence-electron chi connectivity index (χ3n) is 4.70. The normalized spacial score (nSPS) is 15.7. The molecule has 2 aromatic rings. The lowest BCUT2D eigenvalue weighted by Gasteiger charge is -2.35. The summed E-state index contributed by atoms with van der Waals surface area (Å²) in [5, 5.41) is 9.10. The Morgan fingerprint density at radius 1 is 1.37 bits per heavy atom. The third-order valence-corrected chi connectivity index (χ3v) is 4.70. The first-order valence-electron chi connectivity index (χ1n) is 8.77. The van der Waals surface area contributed by atoms with Crippen molar-refractivity contribution in [1.82, 2.24) is 20.2 Å². The van der Waals surface area contributed by atoms with Crippen LogP contribution in [0, 0.1) is 0 Å². The fraction of sp³-hybridized carbons (Fsp3) is 0.389. The first kappa shape index (κ1) is 18.7. The smallest absolute Gasteiger partial charge is 0.253 e. The number of rotatable bonds is 3. The molecule has 3 rings (SSSR count). The molecule has 144 valence electrons. The summed E-state index contributed by atoms with van der Waals surface area (Å²) in [6.45, 7) is 1.44. The molecule has 9 nitrogen and oxygen atoms in total. The number of hydrazone groups is 1. The van der Waals surface area contributed by atoms with Crippen LogP contribution in [0.15, 0.2) is 35.6 Å². The largest absolute Gasteiger partial charge is 0.497 e. The van der Waals surface area contributed by atoms with E-state index in [-0.39, 0.29) is 11.9 Å². The highest BCUT2D eigenvalue weighted by Gasteiger charge is 2.24. The highest BCUT2D eigenvalue weighted by molar-refractivity contribution is 5.97. The minimum atomic E-state index is -0.123. The zero-order valence-corrected chi connectivity index (χ0v) is 15.6. The second-order valence-electron chi connectivity index (χ2n) is 6.56. The number of ether oxygens (including phenoxy) is 1. The number of benzene rings is 1. The van der Waals surface area contributed by atoms with Gasteiger partial charge < -0.3 is 20.8 Å². The molecule has 1 amide bonds. The molecule has 0 atom stereocenters. The van der Waals surface area contributed by atoms with Gasteiger partial charge in [0, 0.05) is 43.8 Å². The molecule has 1 aliphatic heterocycles. The lowest BCUT2D eigenvalue weighted by molar-refractivity contribution is 0.0920. The SMILES string of the molecule is COc1ccc2cc(C(=O)NC3CCN(/C(=N/N)N(C)N)CC3)cnc2c1. The molecule has 0 bridgehead atoms. The number of guanidine groups is 1. The average Bonchev–Trinajstić information content (AvgIpc) is 2.68. The minimum absolute atomic E-state index is 0.0856. The van der Waals surface area contributed by atoms with Crippen LogP contribution in [0.2, 0.25) is 0 Å². The van der Waals surface area contributed by atoms with Crippen LogP contribution < -0.4 is 21.7 Å². The van der Waals surface area contributed by atoms with Gasteiger partial charge in [0.15, 0.2) is 0 Å². The lowest BCUT2D eigenvalue weighted by atomic mass is 10.0. The van der Waals surface area contributed by atoms with E-state index in [1.165, 1.54) is 5.01 Å². The molecule has 0 radical (unpaired) electrons. The number of nitrogens with one attached hydrogen (secondary N) is 1. The van der Waals surface area contributed by atoms with Crippen molar-refractivity contribution in [2.75, 3.05) is 27.2 Å². The van der Waals surface area contributed by atoms with Crippen molar-refractivity contribution in [3.8, 4) is 5.75 Å². The number of nitrogens with two attached hydrogens (primary N) is 2. The molecule has 0 saturated carbocycles. The molecule has 9 heteroatoms. The maximum atomic E-state index is 12.6. The van der Waals surface area contributed by atoms with E-state index in [9.17, 15) is 4.79 Å². The van der Waals surface area contributed by atoms with E-state index in [1.807, 2.05) is 29.2 Å². The molecule has 1 saturated heterocycles. The van der Waals surface area contributed by atoms with Crippen molar-refractivity contribution in [1.29, 1.82) is 0 Å². The van der Waals surface area contributed by atoms with Gasteiger partial charge in [-0.15, -0.1) is 5.10 Å². The van der Waals surface area contributed by atoms with Gasteiger partial charge in [-0.25, -0.2) is 5.84 Å². The summed E-state index contributed by atoms with van der Waals surface area (Å²) in [6.07, 6.45) is 3.17. The molecule has 27 heavy (non-hydrogen) atoms. The number of likely N-dealkylation sites (tertiary alicyclic amines) is 1. The number of methoxy groups -OCH3 is 1. The number of hydrogen-bond donors (Lipinski definition) is 3. The van der Waals surface area contributed by atoms with Crippen LogP contribution in [0.4, 0.5) is 0 Å². The van der Waals surface area contributed by atoms with Crippen LogP contribution in [0.3, 0.4) is 0 Å². The monoisotopic (exact) mass is 371 g/mol. The molecule has 1 aromatic carbocycles. The minimum Gasteiger partial charge on any atom is -0.497 e. The van der Waals surface area contributed by atoms with Gasteiger partial charge in [-0.1, -0.05) is 0 Å². The number of fused-ring (bicyclic) bond motifs is 1. The van der Waals surface area contributed by atoms with Crippen molar-refractivity contribution < 1.29 is 9.53 Å². The van der Waals surface area contributed by atoms with Crippen molar-refractivity contribution in [2.45, 2.75) is 18.9 Å². The van der Waals surface area contributed by atoms with Gasteiger partial charge in [0.2, 0.25) is 5.96 Å². The molecule has 0 spiro atoms. The van der Waals surface area contributed by atoms with Gasteiger partial charge in [0.05, 0.1) is 18.2 Å². The first-order chi connectivity index (χ1) is 13.0. The van der Waals surface area contributed by atoms with Crippen molar-refractivity contribution in [3.63, 3.8) is 0 Å². The van der Waals surface area contributed by atoms with Crippen LogP contribution in [-0.4, -0.2) is 60.0 Å². The first-order valence-corrected chi connectivity index (χ1v) is 8.77. The molecule has 2 heterocycles. The zero-order chi connectivity index (χ0) is 19.4. The fourth-order valence-electron chi connectivity index (χ4n) is 3.24. The van der Waals surface area contributed by atoms with Gasteiger partial charge in [-0.05, 0) is 31.0 Å². The van der Waals surface area contributed by atoms with Gasteiger partial charge >= 0.3 is 0 Å². The predicted molar refractivity (Wildman–Crippen MR) is 104 cm³/mol. The molecule has 0 unspecified atom stereocenters. The number of hydrogen-bond acceptors (Lipinski definition) is 6. The molecule has 5 N–H and O–H groups in total. The number of nitrogens with zero attached hydrogens (tertiary/aromatic N) is 4. The Labute approximate surface area is 157 Å². The standard InChI is InChI=1S/C18H25N7O2/c1-24(20)18(23-19)25-7-5-14(6-8-25)22-17(26)13-9-12-3-4-15(27-2)10-16(12)21-11-13/h3-4,9-11,14H,5-8,19-20H2,1-2H3,(H,22,26)/b23-18+. The second-order valence-corrected chi connectivity index (χ2v) is 6.56. The Bertz CT molecular complexity index is 845. The van der Waals surface area contributed by atoms with Crippen molar-refractivity contribution in [3.05, 3.63) is 36.0 Å². The van der Waals surface area contributed by atoms with Crippen LogP contribution in [0.25, 0.3) is 10.9 Å². The summed E-state index contributed by atoms with van der Waals surface area (Å²) < 4.78 is 5.20.